The van der Waals surface area contributed by atoms with Crippen LogP contribution in [-0.2, 0) is 0 Å². The van der Waals surface area contributed by atoms with Crippen LogP contribution >= 0.6 is 0 Å². The molecule has 0 fully saturated rings. The Labute approximate surface area is 102 Å². The van der Waals surface area contributed by atoms with Crippen LogP contribution in [0.3, 0.4) is 0 Å². The van der Waals surface area contributed by atoms with E-state index in [-0.39, 0.29) is 11.9 Å². The third-order valence-electron chi connectivity index (χ3n) is 2.07. The summed E-state index contributed by atoms with van der Waals surface area (Å²) < 4.78 is 55.4. The lowest BCUT2D eigenvalue weighted by Crippen LogP contribution is -2.36. The summed E-state index contributed by atoms with van der Waals surface area (Å²) in [4.78, 5) is 11.4. The third-order valence-corrected chi connectivity index (χ3v) is 2.07. The van der Waals surface area contributed by atoms with E-state index in [4.69, 9.17) is 4.74 Å². The molecule has 0 N–H and O–H groups in total. The monoisotopic (exact) mass is 264 g/mol. The van der Waals surface area contributed by atoms with Crippen molar-refractivity contribution in [2.45, 2.75) is 32.3 Å². The highest BCUT2D eigenvalue weighted by atomic mass is 19.3. The maximum atomic E-state index is 13.0. The maximum Gasteiger partial charge on any atom is 0.369 e. The van der Waals surface area contributed by atoms with E-state index in [1.165, 1.54) is 18.2 Å². The van der Waals surface area contributed by atoms with Crippen molar-refractivity contribution in [3.8, 4) is 5.75 Å². The predicted octanol–water partition coefficient (Wildman–Crippen LogP) is 3.56. The molecule has 1 rings (SSSR count). The van der Waals surface area contributed by atoms with Crippen LogP contribution in [-0.4, -0.2) is 24.2 Å². The average molecular weight is 264 g/mol. The van der Waals surface area contributed by atoms with Crippen molar-refractivity contribution < 1.29 is 27.1 Å². The largest absolute Gasteiger partial charge is 0.490 e. The second-order valence-electron chi connectivity index (χ2n) is 3.92. The molecule has 0 atom stereocenters. The molecule has 0 bridgehead atoms. The van der Waals surface area contributed by atoms with Gasteiger partial charge in [0.05, 0.1) is 11.7 Å². The number of rotatable bonds is 5. The average Bonchev–Trinajstić information content (AvgIpc) is 2.27. The number of para-hydroxylation sites is 1. The van der Waals surface area contributed by atoms with E-state index in [0.717, 1.165) is 6.07 Å². The van der Waals surface area contributed by atoms with Gasteiger partial charge in [0.2, 0.25) is 5.78 Å². The first kappa shape index (κ1) is 14.5. The molecule has 0 unspecified atom stereocenters. The molecule has 0 heterocycles. The molecule has 100 valence electrons. The Morgan fingerprint density at radius 3 is 2.28 bits per heavy atom. The minimum absolute atomic E-state index is 0.127. The van der Waals surface area contributed by atoms with Gasteiger partial charge in [0.15, 0.2) is 0 Å². The highest BCUT2D eigenvalue weighted by molar-refractivity contribution is 6.03. The van der Waals surface area contributed by atoms with Gasteiger partial charge < -0.3 is 4.74 Å². The Morgan fingerprint density at radius 2 is 1.78 bits per heavy atom. The van der Waals surface area contributed by atoms with Gasteiger partial charge >= 0.3 is 12.3 Å². The van der Waals surface area contributed by atoms with E-state index < -0.39 is 23.7 Å². The van der Waals surface area contributed by atoms with Crippen LogP contribution in [0.4, 0.5) is 17.6 Å². The number of alkyl halides is 4. The van der Waals surface area contributed by atoms with E-state index in [1.54, 1.807) is 13.8 Å². The molecule has 0 saturated heterocycles. The highest BCUT2D eigenvalue weighted by Crippen LogP contribution is 2.31. The smallest absolute Gasteiger partial charge is 0.369 e. The van der Waals surface area contributed by atoms with Crippen LogP contribution in [0.2, 0.25) is 0 Å². The summed E-state index contributed by atoms with van der Waals surface area (Å²) in [6.45, 7) is 3.26. The third kappa shape index (κ3) is 3.00. The van der Waals surface area contributed by atoms with E-state index in [2.05, 4.69) is 0 Å². The van der Waals surface area contributed by atoms with E-state index in [1.807, 2.05) is 0 Å². The normalized spacial score (nSPS) is 12.0. The highest BCUT2D eigenvalue weighted by Gasteiger charge is 2.49. The maximum absolute atomic E-state index is 13.0. The fourth-order valence-electron chi connectivity index (χ4n) is 1.29. The summed E-state index contributed by atoms with van der Waals surface area (Å²) in [5.41, 5.74) is -0.545. The summed E-state index contributed by atoms with van der Waals surface area (Å²) in [7, 11) is 0. The van der Waals surface area contributed by atoms with Crippen molar-refractivity contribution >= 4 is 5.78 Å². The minimum Gasteiger partial charge on any atom is -0.490 e. The molecule has 0 aliphatic rings. The van der Waals surface area contributed by atoms with Crippen molar-refractivity contribution in [3.63, 3.8) is 0 Å². The SMILES string of the molecule is CC(C)Oc1ccccc1C(=O)C(F)(F)C(F)F. The van der Waals surface area contributed by atoms with Crippen molar-refractivity contribution in [2.24, 2.45) is 0 Å². The van der Waals surface area contributed by atoms with Gasteiger partial charge in [-0.15, -0.1) is 0 Å². The van der Waals surface area contributed by atoms with Crippen LogP contribution in [0.1, 0.15) is 24.2 Å². The second-order valence-corrected chi connectivity index (χ2v) is 3.92. The number of ketones is 1. The molecule has 0 radical (unpaired) electrons. The van der Waals surface area contributed by atoms with Crippen LogP contribution in [0.25, 0.3) is 0 Å². The summed E-state index contributed by atoms with van der Waals surface area (Å²) >= 11 is 0. The standard InChI is InChI=1S/C12H12F4O2/c1-7(2)18-9-6-4-3-5-8(9)10(17)12(15,16)11(13)14/h3-7,11H,1-2H3. The molecular weight excluding hydrogens is 252 g/mol. The van der Waals surface area contributed by atoms with Crippen molar-refractivity contribution in [2.75, 3.05) is 0 Å². The van der Waals surface area contributed by atoms with E-state index >= 15 is 0 Å². The first-order valence-electron chi connectivity index (χ1n) is 5.23. The van der Waals surface area contributed by atoms with Crippen molar-refractivity contribution in [3.05, 3.63) is 29.8 Å². The van der Waals surface area contributed by atoms with Crippen LogP contribution in [0, 0.1) is 0 Å². The number of hydrogen-bond donors (Lipinski definition) is 0. The predicted molar refractivity (Wildman–Crippen MR) is 57.5 cm³/mol. The molecule has 0 aromatic heterocycles. The Hall–Kier alpha value is -1.59. The molecule has 0 spiro atoms. The lowest BCUT2D eigenvalue weighted by molar-refractivity contribution is -0.0959. The Bertz CT molecular complexity index is 430. The Balaban J connectivity index is 3.13. The molecule has 2 nitrogen and oxygen atoms in total. The second kappa shape index (κ2) is 5.37. The molecule has 0 aliphatic carbocycles. The summed E-state index contributed by atoms with van der Waals surface area (Å²) in [5.74, 6) is -6.78. The number of carbonyl (C=O) groups excluding carboxylic acids is 1. The number of benzene rings is 1. The topological polar surface area (TPSA) is 26.3 Å². The molecule has 1 aromatic carbocycles. The zero-order chi connectivity index (χ0) is 13.9. The molecule has 0 saturated carbocycles. The molecule has 0 aliphatic heterocycles. The number of carbonyl (C=O) groups is 1. The lowest BCUT2D eigenvalue weighted by atomic mass is 10.0. The van der Waals surface area contributed by atoms with Crippen molar-refractivity contribution in [1.29, 1.82) is 0 Å². The number of halogens is 4. The van der Waals surface area contributed by atoms with Crippen LogP contribution in [0.15, 0.2) is 24.3 Å². The number of Topliss-reactive ketones (excluding diaryl/α,β-unsaturated/α-hetero) is 1. The summed E-state index contributed by atoms with van der Waals surface area (Å²) in [6.07, 6.45) is -4.41. The van der Waals surface area contributed by atoms with Crippen LogP contribution < -0.4 is 4.74 Å². The number of hydrogen-bond acceptors (Lipinski definition) is 2. The van der Waals surface area contributed by atoms with Gasteiger partial charge in [-0.05, 0) is 26.0 Å². The van der Waals surface area contributed by atoms with Gasteiger partial charge in [-0.2, -0.15) is 8.78 Å². The molecule has 18 heavy (non-hydrogen) atoms. The number of ether oxygens (including phenoxy) is 1. The fourth-order valence-corrected chi connectivity index (χ4v) is 1.29. The minimum atomic E-state index is -4.71. The fraction of sp³-hybridized carbons (Fsp3) is 0.417. The van der Waals surface area contributed by atoms with Gasteiger partial charge in [0.1, 0.15) is 5.75 Å². The van der Waals surface area contributed by atoms with Gasteiger partial charge in [0, 0.05) is 0 Å². The van der Waals surface area contributed by atoms with E-state index in [9.17, 15) is 22.4 Å². The molecular formula is C12H12F4O2. The first-order chi connectivity index (χ1) is 8.26. The quantitative estimate of drug-likeness (QED) is 0.600. The lowest BCUT2D eigenvalue weighted by Gasteiger charge is -2.17. The Kier molecular flexibility index (Phi) is 4.32. The first-order valence-corrected chi connectivity index (χ1v) is 5.23. The van der Waals surface area contributed by atoms with Gasteiger partial charge in [-0.3, -0.25) is 4.79 Å². The molecule has 1 aromatic rings. The van der Waals surface area contributed by atoms with Crippen LogP contribution in [0.5, 0.6) is 5.75 Å². The Morgan fingerprint density at radius 1 is 1.22 bits per heavy atom. The van der Waals surface area contributed by atoms with Crippen molar-refractivity contribution in [1.82, 2.24) is 0 Å². The summed E-state index contributed by atoms with van der Waals surface area (Å²) in [5, 5.41) is 0. The zero-order valence-electron chi connectivity index (χ0n) is 9.79. The molecule has 6 heteroatoms. The van der Waals surface area contributed by atoms with Gasteiger partial charge in [-0.1, -0.05) is 12.1 Å². The van der Waals surface area contributed by atoms with E-state index in [0.29, 0.717) is 0 Å². The van der Waals surface area contributed by atoms with Gasteiger partial charge in [0.25, 0.3) is 0 Å². The zero-order valence-corrected chi connectivity index (χ0v) is 9.79. The molecule has 0 amide bonds. The summed E-state index contributed by atoms with van der Waals surface area (Å²) in [6, 6.07) is 5.10. The van der Waals surface area contributed by atoms with Gasteiger partial charge in [-0.25, -0.2) is 8.78 Å².